The molecule has 0 aromatic carbocycles. The largest absolute Gasteiger partial charge is 0.448 e. The quantitative estimate of drug-likeness (QED) is 0.398. The zero-order valence-electron chi connectivity index (χ0n) is 5.18. The van der Waals surface area contributed by atoms with Gasteiger partial charge < -0.3 is 9.47 Å². The minimum Gasteiger partial charge on any atom is -0.448 e. The van der Waals surface area contributed by atoms with Crippen molar-refractivity contribution in [2.24, 2.45) is 0 Å². The maximum Gasteiger partial charge on any atom is 0.154 e. The molecule has 0 radical (unpaired) electrons. The molecule has 0 aliphatic carbocycles. The molecular weight excluding hydrogens is 118 g/mol. The van der Waals surface area contributed by atoms with E-state index in [0.717, 1.165) is 0 Å². The highest BCUT2D eigenvalue weighted by Crippen LogP contribution is 1.75. The van der Waals surface area contributed by atoms with Gasteiger partial charge in [-0.3, -0.25) is 0 Å². The Kier molecular flexibility index (Phi) is 5.65. The van der Waals surface area contributed by atoms with Crippen molar-refractivity contribution in [1.82, 2.24) is 0 Å². The highest BCUT2D eigenvalue weighted by molar-refractivity contribution is 4.80. The second-order valence-electron chi connectivity index (χ2n) is 1.16. The fraction of sp³-hybridized carbons (Fsp3) is 0.500. The van der Waals surface area contributed by atoms with Gasteiger partial charge in [-0.1, -0.05) is 0 Å². The molecular formula is C6H7NO2. The van der Waals surface area contributed by atoms with Crippen LogP contribution in [0.15, 0.2) is 0 Å². The van der Waals surface area contributed by atoms with Crippen LogP contribution in [0.25, 0.3) is 0 Å². The summed E-state index contributed by atoms with van der Waals surface area (Å²) in [7, 11) is 1.45. The van der Waals surface area contributed by atoms with E-state index in [-0.39, 0.29) is 0 Å². The van der Waals surface area contributed by atoms with Crippen LogP contribution in [0.1, 0.15) is 6.42 Å². The van der Waals surface area contributed by atoms with Gasteiger partial charge in [0.2, 0.25) is 0 Å². The van der Waals surface area contributed by atoms with Crippen molar-refractivity contribution in [2.75, 3.05) is 13.7 Å². The summed E-state index contributed by atoms with van der Waals surface area (Å²) in [5.74, 6) is 0. The first-order chi connectivity index (χ1) is 4.41. The molecule has 0 aromatic heterocycles. The summed E-state index contributed by atoms with van der Waals surface area (Å²) in [6.45, 7) is 0.340. The first kappa shape index (κ1) is 7.65. The average molecular weight is 125 g/mol. The van der Waals surface area contributed by atoms with Gasteiger partial charge >= 0.3 is 0 Å². The zero-order valence-corrected chi connectivity index (χ0v) is 5.18. The fourth-order valence-corrected chi connectivity index (χ4v) is 0.219. The average Bonchev–Trinajstić information content (AvgIpc) is 1.89. The standard InChI is InChI=1S/C6H7NO2/c1-8-5-6-9-4-2-3-7/h2,4H2,1H3. The van der Waals surface area contributed by atoms with E-state index in [1.807, 2.05) is 6.07 Å². The smallest absolute Gasteiger partial charge is 0.154 e. The molecule has 0 fully saturated rings. The third kappa shape index (κ3) is 6.65. The summed E-state index contributed by atoms with van der Waals surface area (Å²) in [5, 5.41) is 8.01. The molecule has 0 bridgehead atoms. The molecule has 0 unspecified atom stereocenters. The molecule has 0 spiro atoms. The summed E-state index contributed by atoms with van der Waals surface area (Å²) in [6, 6.07) is 1.91. The van der Waals surface area contributed by atoms with Crippen LogP contribution in [0, 0.1) is 23.5 Å². The van der Waals surface area contributed by atoms with E-state index in [9.17, 15) is 0 Å². The predicted octanol–water partition coefficient (Wildman–Crippen LogP) is 0.481. The van der Waals surface area contributed by atoms with E-state index in [0.29, 0.717) is 13.0 Å². The van der Waals surface area contributed by atoms with E-state index < -0.39 is 0 Å². The Bertz CT molecular complexity index is 149. The summed E-state index contributed by atoms with van der Waals surface area (Å²) < 4.78 is 8.96. The molecule has 0 aromatic rings. The zero-order chi connectivity index (χ0) is 6.95. The number of nitriles is 1. The third-order valence-corrected chi connectivity index (χ3v) is 0.532. The highest BCUT2D eigenvalue weighted by Gasteiger charge is 1.77. The molecule has 48 valence electrons. The number of nitrogens with zero attached hydrogens (tertiary/aromatic N) is 1. The molecule has 0 heterocycles. The molecule has 0 atom stereocenters. The van der Waals surface area contributed by atoms with E-state index in [4.69, 9.17) is 5.26 Å². The van der Waals surface area contributed by atoms with Gasteiger partial charge in [-0.25, -0.2) is 0 Å². The molecule has 0 aliphatic rings. The molecule has 3 nitrogen and oxygen atoms in total. The van der Waals surface area contributed by atoms with Gasteiger partial charge in [-0.05, 0) is 0 Å². The lowest BCUT2D eigenvalue weighted by Gasteiger charge is -1.86. The summed E-state index contributed by atoms with van der Waals surface area (Å²) in [6.07, 6.45) is 4.83. The molecule has 0 aliphatic heterocycles. The maximum absolute atomic E-state index is 8.01. The van der Waals surface area contributed by atoms with Crippen LogP contribution in [0.5, 0.6) is 0 Å². The first-order valence-electron chi connectivity index (χ1n) is 2.43. The van der Waals surface area contributed by atoms with Crippen LogP contribution < -0.4 is 0 Å². The molecule has 0 saturated carbocycles. The van der Waals surface area contributed by atoms with E-state index in [1.54, 1.807) is 0 Å². The van der Waals surface area contributed by atoms with Gasteiger partial charge in [-0.2, -0.15) is 5.26 Å². The van der Waals surface area contributed by atoms with E-state index in [1.165, 1.54) is 7.11 Å². The lowest BCUT2D eigenvalue weighted by molar-refractivity contribution is 0.275. The van der Waals surface area contributed by atoms with Crippen LogP contribution in [0.3, 0.4) is 0 Å². The fourth-order valence-electron chi connectivity index (χ4n) is 0.219. The Morgan fingerprint density at radius 3 is 2.78 bits per heavy atom. The Morgan fingerprint density at radius 2 is 2.22 bits per heavy atom. The van der Waals surface area contributed by atoms with Gasteiger partial charge in [0.05, 0.1) is 19.6 Å². The normalized spacial score (nSPS) is 6.22. The van der Waals surface area contributed by atoms with Crippen molar-refractivity contribution in [1.29, 1.82) is 5.26 Å². The summed E-state index contributed by atoms with van der Waals surface area (Å²) in [5.41, 5.74) is 0. The SMILES string of the molecule is COC#COCCC#N. The third-order valence-electron chi connectivity index (χ3n) is 0.532. The Morgan fingerprint density at radius 1 is 1.44 bits per heavy atom. The van der Waals surface area contributed by atoms with Gasteiger partial charge in [0, 0.05) is 0 Å². The minimum absolute atomic E-state index is 0.340. The van der Waals surface area contributed by atoms with Crippen molar-refractivity contribution in [3.05, 3.63) is 0 Å². The second kappa shape index (κ2) is 6.65. The molecule has 0 rings (SSSR count). The van der Waals surface area contributed by atoms with E-state index in [2.05, 4.69) is 21.7 Å². The van der Waals surface area contributed by atoms with Gasteiger partial charge in [-0.15, -0.1) is 0 Å². The van der Waals surface area contributed by atoms with Crippen molar-refractivity contribution in [3.8, 4) is 18.3 Å². The van der Waals surface area contributed by atoms with Crippen LogP contribution in [-0.2, 0) is 9.47 Å². The van der Waals surface area contributed by atoms with Gasteiger partial charge in [0.25, 0.3) is 0 Å². The maximum atomic E-state index is 8.01. The van der Waals surface area contributed by atoms with Crippen molar-refractivity contribution in [2.45, 2.75) is 6.42 Å². The van der Waals surface area contributed by atoms with Crippen LogP contribution >= 0.6 is 0 Å². The van der Waals surface area contributed by atoms with Crippen LogP contribution in [0.2, 0.25) is 0 Å². The van der Waals surface area contributed by atoms with Crippen molar-refractivity contribution >= 4 is 0 Å². The number of rotatable bonds is 2. The Balaban J connectivity index is 3.01. The molecule has 9 heavy (non-hydrogen) atoms. The highest BCUT2D eigenvalue weighted by atomic mass is 16.5. The topological polar surface area (TPSA) is 42.2 Å². The molecule has 0 N–H and O–H groups in total. The minimum atomic E-state index is 0.340. The predicted molar refractivity (Wildman–Crippen MR) is 31.0 cm³/mol. The summed E-state index contributed by atoms with van der Waals surface area (Å²) >= 11 is 0. The monoisotopic (exact) mass is 125 g/mol. The number of ether oxygens (including phenoxy) is 2. The molecule has 3 heteroatoms. The summed E-state index contributed by atoms with van der Waals surface area (Å²) in [4.78, 5) is 0. The number of methoxy groups -OCH3 is 1. The van der Waals surface area contributed by atoms with Crippen LogP contribution in [0.4, 0.5) is 0 Å². The second-order valence-corrected chi connectivity index (χ2v) is 1.16. The number of hydrogen-bond acceptors (Lipinski definition) is 3. The van der Waals surface area contributed by atoms with E-state index >= 15 is 0 Å². The Hall–Kier alpha value is -1.35. The molecule has 0 amide bonds. The van der Waals surface area contributed by atoms with Crippen molar-refractivity contribution in [3.63, 3.8) is 0 Å². The van der Waals surface area contributed by atoms with Crippen LogP contribution in [-0.4, -0.2) is 13.7 Å². The van der Waals surface area contributed by atoms with Gasteiger partial charge in [0.1, 0.15) is 6.61 Å². The molecule has 0 saturated heterocycles. The van der Waals surface area contributed by atoms with Crippen molar-refractivity contribution < 1.29 is 9.47 Å². The lowest BCUT2D eigenvalue weighted by Crippen LogP contribution is -1.84. The Labute approximate surface area is 54.2 Å². The number of hydrogen-bond donors (Lipinski definition) is 0. The lowest BCUT2D eigenvalue weighted by atomic mass is 10.5. The first-order valence-corrected chi connectivity index (χ1v) is 2.43. The van der Waals surface area contributed by atoms with Gasteiger partial charge in [0.15, 0.2) is 12.2 Å².